The smallest absolute Gasteiger partial charge is 0.310 e. The summed E-state index contributed by atoms with van der Waals surface area (Å²) in [4.78, 5) is 30.1. The monoisotopic (exact) mass is 346 g/mol. The summed E-state index contributed by atoms with van der Waals surface area (Å²) in [6.07, 6.45) is 3.12. The number of ether oxygens (including phenoxy) is 1. The minimum absolute atomic E-state index is 0.187. The fourth-order valence-electron chi connectivity index (χ4n) is 2.33. The highest BCUT2D eigenvalue weighted by molar-refractivity contribution is 6.31. The summed E-state index contributed by atoms with van der Waals surface area (Å²) in [5.41, 5.74) is 1.33. The molecule has 0 radical (unpaired) electrons. The lowest BCUT2D eigenvalue weighted by Crippen LogP contribution is -2.37. The van der Waals surface area contributed by atoms with Crippen molar-refractivity contribution >= 4 is 23.5 Å². The Morgan fingerprint density at radius 2 is 1.88 bits per heavy atom. The Balaban J connectivity index is 2.25. The number of carbonyl (C=O) groups excluding carboxylic acids is 2. The topological polar surface area (TPSA) is 59.5 Å². The second-order valence-corrected chi connectivity index (χ2v) is 5.84. The third-order valence-electron chi connectivity index (χ3n) is 3.63. The summed E-state index contributed by atoms with van der Waals surface area (Å²) in [5.74, 6) is -0.988. The predicted octanol–water partition coefficient (Wildman–Crippen LogP) is 3.19. The number of benzene rings is 1. The molecule has 5 nitrogen and oxygen atoms in total. The first-order valence-corrected chi connectivity index (χ1v) is 7.91. The van der Waals surface area contributed by atoms with Crippen LogP contribution in [0.2, 0.25) is 5.02 Å². The Kier molecular flexibility index (Phi) is 6.32. The summed E-state index contributed by atoms with van der Waals surface area (Å²) in [6.45, 7) is 2.27. The van der Waals surface area contributed by atoms with Crippen LogP contribution >= 0.6 is 11.6 Å². The van der Waals surface area contributed by atoms with Crippen molar-refractivity contribution in [3.8, 4) is 0 Å². The van der Waals surface area contributed by atoms with Crippen LogP contribution < -0.4 is 0 Å². The molecule has 0 aliphatic carbocycles. The van der Waals surface area contributed by atoms with Crippen molar-refractivity contribution in [1.82, 2.24) is 9.88 Å². The quantitative estimate of drug-likeness (QED) is 0.754. The Morgan fingerprint density at radius 1 is 1.21 bits per heavy atom. The number of hydrogen-bond donors (Lipinski definition) is 0. The maximum atomic E-state index is 12.8. The van der Waals surface area contributed by atoms with Gasteiger partial charge in [0.15, 0.2) is 0 Å². The average molecular weight is 347 g/mol. The molecule has 1 amide bonds. The van der Waals surface area contributed by atoms with Gasteiger partial charge in [0.1, 0.15) is 0 Å². The molecule has 1 unspecified atom stereocenters. The standard InChI is InChI=1S/C18H19ClN2O3/c1-13(18(23)24-2)11-21(12-15-5-3-4-6-16(15)19)17(22)14-7-9-20-10-8-14/h3-10,13H,11-12H2,1-2H3. The Labute approximate surface area is 146 Å². The maximum Gasteiger partial charge on any atom is 0.310 e. The zero-order valence-corrected chi connectivity index (χ0v) is 14.4. The van der Waals surface area contributed by atoms with Crippen molar-refractivity contribution in [2.75, 3.05) is 13.7 Å². The van der Waals surface area contributed by atoms with Crippen LogP contribution in [-0.2, 0) is 16.1 Å². The largest absolute Gasteiger partial charge is 0.469 e. The molecule has 0 saturated carbocycles. The average Bonchev–Trinajstić information content (AvgIpc) is 2.62. The molecular formula is C18H19ClN2O3. The van der Waals surface area contributed by atoms with Gasteiger partial charge in [-0.3, -0.25) is 14.6 Å². The van der Waals surface area contributed by atoms with E-state index < -0.39 is 5.92 Å². The number of carbonyl (C=O) groups is 2. The Morgan fingerprint density at radius 3 is 2.50 bits per heavy atom. The van der Waals surface area contributed by atoms with E-state index in [0.717, 1.165) is 5.56 Å². The van der Waals surface area contributed by atoms with Gasteiger partial charge in [0.05, 0.1) is 13.0 Å². The number of amides is 1. The second kappa shape index (κ2) is 8.45. The van der Waals surface area contributed by atoms with Crippen LogP contribution in [-0.4, -0.2) is 35.4 Å². The molecule has 0 saturated heterocycles. The highest BCUT2D eigenvalue weighted by atomic mass is 35.5. The Bertz CT molecular complexity index is 706. The highest BCUT2D eigenvalue weighted by Crippen LogP contribution is 2.19. The molecule has 1 aromatic heterocycles. The van der Waals surface area contributed by atoms with E-state index in [1.807, 2.05) is 18.2 Å². The Hall–Kier alpha value is -2.40. The van der Waals surface area contributed by atoms with Crippen molar-refractivity contribution in [2.24, 2.45) is 5.92 Å². The van der Waals surface area contributed by atoms with Crippen molar-refractivity contribution in [3.63, 3.8) is 0 Å². The molecule has 0 N–H and O–H groups in total. The van der Waals surface area contributed by atoms with Gasteiger partial charge in [0, 0.05) is 36.1 Å². The van der Waals surface area contributed by atoms with E-state index in [2.05, 4.69) is 4.98 Å². The van der Waals surface area contributed by atoms with E-state index in [1.54, 1.807) is 42.4 Å². The first-order valence-electron chi connectivity index (χ1n) is 7.53. The van der Waals surface area contributed by atoms with Crippen LogP contribution in [0.3, 0.4) is 0 Å². The molecule has 2 rings (SSSR count). The van der Waals surface area contributed by atoms with Crippen LogP contribution in [0.25, 0.3) is 0 Å². The molecule has 24 heavy (non-hydrogen) atoms. The summed E-state index contributed by atoms with van der Waals surface area (Å²) in [5, 5.41) is 0.579. The SMILES string of the molecule is COC(=O)C(C)CN(Cc1ccccc1Cl)C(=O)c1ccncc1. The number of halogens is 1. The van der Waals surface area contributed by atoms with Gasteiger partial charge < -0.3 is 9.64 Å². The molecule has 1 atom stereocenters. The van der Waals surface area contributed by atoms with E-state index in [9.17, 15) is 9.59 Å². The van der Waals surface area contributed by atoms with Gasteiger partial charge in [-0.1, -0.05) is 36.7 Å². The number of methoxy groups -OCH3 is 1. The van der Waals surface area contributed by atoms with Gasteiger partial charge in [-0.15, -0.1) is 0 Å². The number of nitrogens with zero attached hydrogens (tertiary/aromatic N) is 2. The lowest BCUT2D eigenvalue weighted by Gasteiger charge is -2.25. The number of pyridine rings is 1. The number of hydrogen-bond acceptors (Lipinski definition) is 4. The van der Waals surface area contributed by atoms with Crippen molar-refractivity contribution in [2.45, 2.75) is 13.5 Å². The zero-order chi connectivity index (χ0) is 17.5. The van der Waals surface area contributed by atoms with Gasteiger partial charge in [0.2, 0.25) is 0 Å². The minimum atomic E-state index is -0.441. The summed E-state index contributed by atoms with van der Waals surface area (Å²) in [6, 6.07) is 10.6. The first kappa shape index (κ1) is 17.9. The van der Waals surface area contributed by atoms with Gasteiger partial charge in [-0.05, 0) is 23.8 Å². The molecule has 6 heteroatoms. The second-order valence-electron chi connectivity index (χ2n) is 5.44. The lowest BCUT2D eigenvalue weighted by atomic mass is 10.1. The molecule has 1 aromatic carbocycles. The molecule has 2 aromatic rings. The zero-order valence-electron chi connectivity index (χ0n) is 13.6. The third-order valence-corrected chi connectivity index (χ3v) is 4.00. The lowest BCUT2D eigenvalue weighted by molar-refractivity contribution is -0.145. The molecule has 0 aliphatic heterocycles. The third kappa shape index (κ3) is 4.55. The van der Waals surface area contributed by atoms with Crippen molar-refractivity contribution < 1.29 is 14.3 Å². The summed E-state index contributed by atoms with van der Waals surface area (Å²) in [7, 11) is 1.34. The van der Waals surface area contributed by atoms with Crippen LogP contribution in [0.1, 0.15) is 22.8 Å². The molecule has 1 heterocycles. The summed E-state index contributed by atoms with van der Waals surface area (Å²) >= 11 is 6.21. The number of esters is 1. The molecule has 0 fully saturated rings. The van der Waals surface area contributed by atoms with Crippen LogP contribution in [0.4, 0.5) is 0 Å². The molecule has 0 aliphatic rings. The van der Waals surface area contributed by atoms with E-state index in [4.69, 9.17) is 16.3 Å². The summed E-state index contributed by atoms with van der Waals surface area (Å²) < 4.78 is 4.76. The van der Waals surface area contributed by atoms with E-state index >= 15 is 0 Å². The normalized spacial score (nSPS) is 11.6. The maximum absolute atomic E-state index is 12.8. The number of aromatic nitrogens is 1. The minimum Gasteiger partial charge on any atom is -0.469 e. The van der Waals surface area contributed by atoms with Gasteiger partial charge in [-0.2, -0.15) is 0 Å². The highest BCUT2D eigenvalue weighted by Gasteiger charge is 2.23. The molecule has 0 spiro atoms. The van der Waals surface area contributed by atoms with E-state index in [0.29, 0.717) is 17.1 Å². The van der Waals surface area contributed by atoms with E-state index in [1.165, 1.54) is 7.11 Å². The first-order chi connectivity index (χ1) is 11.5. The van der Waals surface area contributed by atoms with E-state index in [-0.39, 0.29) is 18.4 Å². The van der Waals surface area contributed by atoms with Gasteiger partial charge in [0.25, 0.3) is 5.91 Å². The van der Waals surface area contributed by atoms with Gasteiger partial charge >= 0.3 is 5.97 Å². The van der Waals surface area contributed by atoms with Crippen molar-refractivity contribution in [1.29, 1.82) is 0 Å². The van der Waals surface area contributed by atoms with Crippen LogP contribution in [0, 0.1) is 5.92 Å². The molecule has 126 valence electrons. The van der Waals surface area contributed by atoms with Crippen LogP contribution in [0.5, 0.6) is 0 Å². The van der Waals surface area contributed by atoms with Crippen molar-refractivity contribution in [3.05, 3.63) is 64.9 Å². The van der Waals surface area contributed by atoms with Crippen LogP contribution in [0.15, 0.2) is 48.8 Å². The van der Waals surface area contributed by atoms with Gasteiger partial charge in [-0.25, -0.2) is 0 Å². The number of rotatable bonds is 6. The fourth-order valence-corrected chi connectivity index (χ4v) is 2.53. The fraction of sp³-hybridized carbons (Fsp3) is 0.278. The predicted molar refractivity (Wildman–Crippen MR) is 91.6 cm³/mol. The molecule has 0 bridgehead atoms. The molecular weight excluding hydrogens is 328 g/mol.